The normalized spacial score (nSPS) is 13.8. The number of halogens is 1. The zero-order valence-electron chi connectivity index (χ0n) is 18.5. The first-order valence-electron chi connectivity index (χ1n) is 10.6. The van der Waals surface area contributed by atoms with E-state index in [0.29, 0.717) is 43.4 Å². The van der Waals surface area contributed by atoms with Gasteiger partial charge in [-0.25, -0.2) is 22.9 Å². The summed E-state index contributed by atoms with van der Waals surface area (Å²) < 4.78 is 48.1. The summed E-state index contributed by atoms with van der Waals surface area (Å²) in [5, 5.41) is 10.8. The molecule has 1 fully saturated rings. The van der Waals surface area contributed by atoms with Gasteiger partial charge in [-0.05, 0) is 42.5 Å². The number of carbonyl (C=O) groups is 1. The third-order valence-electron chi connectivity index (χ3n) is 5.01. The number of nitrogens with two attached hydrogens (primary N) is 1. The first-order valence-corrected chi connectivity index (χ1v) is 12.1. The summed E-state index contributed by atoms with van der Waals surface area (Å²) >= 11 is 0. The number of nitrogens with zero attached hydrogens (tertiary/aromatic N) is 3. The molecule has 1 amide bonds. The summed E-state index contributed by atoms with van der Waals surface area (Å²) in [4.78, 5) is 21.8. The van der Waals surface area contributed by atoms with Crippen molar-refractivity contribution >= 4 is 39.1 Å². The summed E-state index contributed by atoms with van der Waals surface area (Å²) in [5.74, 6) is -0.376. The molecule has 3 aromatic rings. The van der Waals surface area contributed by atoms with Crippen LogP contribution in [0.15, 0.2) is 59.6 Å². The van der Waals surface area contributed by atoms with E-state index in [4.69, 9.17) is 14.6 Å². The van der Waals surface area contributed by atoms with E-state index in [0.717, 1.165) is 6.20 Å². The quantitative estimate of drug-likeness (QED) is 0.420. The Morgan fingerprint density at radius 1 is 1.11 bits per heavy atom. The number of sulfonamides is 1. The third kappa shape index (κ3) is 6.62. The molecule has 0 spiro atoms. The Bertz CT molecular complexity index is 1300. The van der Waals surface area contributed by atoms with E-state index in [-0.39, 0.29) is 29.2 Å². The molecule has 1 saturated heterocycles. The number of morpholine rings is 1. The number of aromatic nitrogens is 2. The fourth-order valence-corrected chi connectivity index (χ4v) is 3.77. The smallest absolute Gasteiger partial charge is 0.260 e. The van der Waals surface area contributed by atoms with Gasteiger partial charge in [0.25, 0.3) is 5.91 Å². The lowest BCUT2D eigenvalue weighted by atomic mass is 10.3. The largest absolute Gasteiger partial charge is 0.484 e. The maximum absolute atomic E-state index is 14.3. The molecule has 1 aliphatic rings. The van der Waals surface area contributed by atoms with Gasteiger partial charge in [0.2, 0.25) is 16.0 Å². The highest BCUT2D eigenvalue weighted by Crippen LogP contribution is 2.23. The Hall–Kier alpha value is -3.81. The molecule has 0 aliphatic carbocycles. The second-order valence-corrected chi connectivity index (χ2v) is 9.08. The molecule has 0 bridgehead atoms. The number of carbonyl (C=O) groups excluding carboxylic acids is 1. The average molecular weight is 503 g/mol. The number of anilines is 4. The molecular weight excluding hydrogens is 479 g/mol. The van der Waals surface area contributed by atoms with Gasteiger partial charge in [-0.3, -0.25) is 4.79 Å². The molecular formula is C22H23FN6O5S. The Kier molecular flexibility index (Phi) is 7.39. The number of hydrogen-bond acceptors (Lipinski definition) is 9. The van der Waals surface area contributed by atoms with Crippen molar-refractivity contribution in [3.8, 4) is 5.75 Å². The lowest BCUT2D eigenvalue weighted by Crippen LogP contribution is -2.42. The Labute approximate surface area is 201 Å². The topological polar surface area (TPSA) is 149 Å². The van der Waals surface area contributed by atoms with Gasteiger partial charge in [0, 0.05) is 24.5 Å². The maximum Gasteiger partial charge on any atom is 0.260 e. The second kappa shape index (κ2) is 10.6. The predicted molar refractivity (Wildman–Crippen MR) is 126 cm³/mol. The van der Waals surface area contributed by atoms with Gasteiger partial charge in [0.1, 0.15) is 5.75 Å². The second-order valence-electron chi connectivity index (χ2n) is 7.52. The van der Waals surface area contributed by atoms with E-state index in [2.05, 4.69) is 20.6 Å². The summed E-state index contributed by atoms with van der Waals surface area (Å²) in [7, 11) is -3.88. The minimum absolute atomic E-state index is 0.0436. The van der Waals surface area contributed by atoms with E-state index in [1.54, 1.807) is 35.2 Å². The minimum Gasteiger partial charge on any atom is -0.484 e. The molecule has 2 aromatic carbocycles. The van der Waals surface area contributed by atoms with Crippen molar-refractivity contribution in [3.63, 3.8) is 0 Å². The van der Waals surface area contributed by atoms with Crippen LogP contribution in [0.5, 0.6) is 5.75 Å². The molecule has 4 rings (SSSR count). The van der Waals surface area contributed by atoms with Crippen LogP contribution in [0.4, 0.5) is 27.5 Å². The summed E-state index contributed by atoms with van der Waals surface area (Å²) in [6.45, 7) is 2.04. The average Bonchev–Trinajstić information content (AvgIpc) is 2.85. The van der Waals surface area contributed by atoms with Gasteiger partial charge in [-0.1, -0.05) is 6.07 Å². The van der Waals surface area contributed by atoms with Crippen molar-refractivity contribution in [1.29, 1.82) is 0 Å². The standard InChI is InChI=1S/C22H23FN6O5S/c23-19-13-25-22(27-16-2-1-3-18(12-16)35(24,31)32)28-21(19)26-15-4-6-17(7-5-15)34-14-20(30)29-8-10-33-11-9-29/h1-7,12-13H,8-11,14H2,(H2,24,31,32)(H2,25,26,27,28). The molecule has 184 valence electrons. The molecule has 0 atom stereocenters. The molecule has 1 aromatic heterocycles. The monoisotopic (exact) mass is 502 g/mol. The van der Waals surface area contributed by atoms with Gasteiger partial charge < -0.3 is 25.0 Å². The zero-order chi connectivity index (χ0) is 24.8. The van der Waals surface area contributed by atoms with Crippen LogP contribution in [0.1, 0.15) is 0 Å². The van der Waals surface area contributed by atoms with Gasteiger partial charge in [-0.15, -0.1) is 0 Å². The van der Waals surface area contributed by atoms with Gasteiger partial charge in [0.05, 0.1) is 24.3 Å². The molecule has 0 unspecified atom stereocenters. The van der Waals surface area contributed by atoms with E-state index in [1.807, 2.05) is 0 Å². The fourth-order valence-electron chi connectivity index (χ4n) is 3.22. The van der Waals surface area contributed by atoms with Crippen LogP contribution in [-0.4, -0.2) is 62.1 Å². The van der Waals surface area contributed by atoms with Gasteiger partial charge >= 0.3 is 0 Å². The molecule has 2 heterocycles. The van der Waals surface area contributed by atoms with Gasteiger partial charge in [-0.2, -0.15) is 4.98 Å². The van der Waals surface area contributed by atoms with Crippen LogP contribution in [0.25, 0.3) is 0 Å². The highest BCUT2D eigenvalue weighted by Gasteiger charge is 2.17. The zero-order valence-corrected chi connectivity index (χ0v) is 19.3. The summed E-state index contributed by atoms with van der Waals surface area (Å²) in [6.07, 6.45) is 0.982. The maximum atomic E-state index is 14.3. The Morgan fingerprint density at radius 2 is 1.86 bits per heavy atom. The number of rotatable bonds is 8. The van der Waals surface area contributed by atoms with Gasteiger partial charge in [0.15, 0.2) is 18.2 Å². The van der Waals surface area contributed by atoms with Crippen molar-refractivity contribution < 1.29 is 27.1 Å². The lowest BCUT2D eigenvalue weighted by molar-refractivity contribution is -0.137. The third-order valence-corrected chi connectivity index (χ3v) is 5.92. The predicted octanol–water partition coefficient (Wildman–Crippen LogP) is 1.99. The van der Waals surface area contributed by atoms with Crippen LogP contribution in [-0.2, 0) is 19.6 Å². The number of primary sulfonamides is 1. The SMILES string of the molecule is NS(=O)(=O)c1cccc(Nc2ncc(F)c(Nc3ccc(OCC(=O)N4CCOCC4)cc3)n2)c1. The van der Waals surface area contributed by atoms with E-state index in [1.165, 1.54) is 18.2 Å². The van der Waals surface area contributed by atoms with Crippen molar-refractivity contribution in [3.05, 3.63) is 60.5 Å². The number of nitrogens with one attached hydrogen (secondary N) is 2. The first kappa shape index (κ1) is 24.3. The van der Waals surface area contributed by atoms with Crippen LogP contribution < -0.4 is 20.5 Å². The van der Waals surface area contributed by atoms with Crippen molar-refractivity contribution in [2.24, 2.45) is 5.14 Å². The van der Waals surface area contributed by atoms with Crippen LogP contribution in [0.3, 0.4) is 0 Å². The Morgan fingerprint density at radius 3 is 2.57 bits per heavy atom. The van der Waals surface area contributed by atoms with E-state index in [9.17, 15) is 17.6 Å². The van der Waals surface area contributed by atoms with Crippen LogP contribution in [0.2, 0.25) is 0 Å². The molecule has 13 heteroatoms. The highest BCUT2D eigenvalue weighted by atomic mass is 32.2. The molecule has 1 aliphatic heterocycles. The lowest BCUT2D eigenvalue weighted by Gasteiger charge is -2.26. The molecule has 0 saturated carbocycles. The number of amides is 1. The van der Waals surface area contributed by atoms with Crippen molar-refractivity contribution in [2.45, 2.75) is 4.90 Å². The molecule has 4 N–H and O–H groups in total. The molecule has 11 nitrogen and oxygen atoms in total. The van der Waals surface area contributed by atoms with Crippen molar-refractivity contribution in [2.75, 3.05) is 43.5 Å². The Balaban J connectivity index is 1.38. The summed E-state index contributed by atoms with van der Waals surface area (Å²) in [6, 6.07) is 12.4. The summed E-state index contributed by atoms with van der Waals surface area (Å²) in [5.41, 5.74) is 0.888. The molecule has 0 radical (unpaired) electrons. The van der Waals surface area contributed by atoms with Crippen molar-refractivity contribution in [1.82, 2.24) is 14.9 Å². The van der Waals surface area contributed by atoms with Crippen LogP contribution in [0, 0.1) is 5.82 Å². The first-order chi connectivity index (χ1) is 16.8. The number of ether oxygens (including phenoxy) is 2. The fraction of sp³-hybridized carbons (Fsp3) is 0.227. The minimum atomic E-state index is -3.88. The van der Waals surface area contributed by atoms with Crippen LogP contribution >= 0.6 is 0 Å². The van der Waals surface area contributed by atoms with E-state index >= 15 is 0 Å². The van der Waals surface area contributed by atoms with E-state index < -0.39 is 15.8 Å². The number of benzene rings is 2. The number of hydrogen-bond donors (Lipinski definition) is 3. The highest BCUT2D eigenvalue weighted by molar-refractivity contribution is 7.89. The molecule has 35 heavy (non-hydrogen) atoms.